The fraction of sp³-hybridized carbons (Fsp3) is 0. The second kappa shape index (κ2) is 1.38. The molecule has 0 saturated carbocycles. The molecule has 0 heterocycles. The van der Waals surface area contributed by atoms with Crippen LogP contribution >= 0.6 is 10.8 Å². The number of rotatable bonds is 0. The van der Waals surface area contributed by atoms with E-state index in [-0.39, 0.29) is 0 Å². The molecule has 0 aliphatic rings. The second-order valence-corrected chi connectivity index (χ2v) is 1.14. The maximum atomic E-state index is 7.68. The van der Waals surface area contributed by atoms with Gasteiger partial charge >= 0.3 is 0 Å². The van der Waals surface area contributed by atoms with E-state index in [0.29, 0.717) is 0 Å². The van der Waals surface area contributed by atoms with Crippen LogP contribution in [0.5, 0.6) is 0 Å². The fourth-order valence-electron chi connectivity index (χ4n) is 0. The molecule has 0 aromatic rings. The van der Waals surface area contributed by atoms with Crippen molar-refractivity contribution in [2.45, 2.75) is 0 Å². The second-order valence-electron chi connectivity index (χ2n) is 0.380. The van der Waals surface area contributed by atoms with Crippen molar-refractivity contribution in [3.8, 4) is 5.69 Å². The minimum atomic E-state index is -1.62. The first-order valence-corrected chi connectivity index (χ1v) is 2.15. The molecular formula is CH5NOS. The van der Waals surface area contributed by atoms with Crippen LogP contribution in [0, 0.1) is 5.69 Å². The van der Waals surface area contributed by atoms with Crippen molar-refractivity contribution in [3.63, 3.8) is 0 Å². The van der Waals surface area contributed by atoms with E-state index in [2.05, 4.69) is 10.8 Å². The quantitative estimate of drug-likeness (QED) is 0.356. The minimum absolute atomic E-state index is 1.62. The van der Waals surface area contributed by atoms with Crippen molar-refractivity contribution in [2.24, 2.45) is 5.14 Å². The highest BCUT2D eigenvalue weighted by Crippen LogP contribution is 1.71. The summed E-state index contributed by atoms with van der Waals surface area (Å²) in [5.41, 5.74) is 4.51. The summed E-state index contributed by atoms with van der Waals surface area (Å²) in [7, 11) is -1.62. The SMILES string of the molecule is C#[SH](N)O. The topological polar surface area (TPSA) is 46.2 Å². The first-order valence-electron chi connectivity index (χ1n) is 0.716. The summed E-state index contributed by atoms with van der Waals surface area (Å²) < 4.78 is 7.68. The molecule has 0 fully saturated rings. The molecule has 3 heteroatoms. The Kier molecular flexibility index (Phi) is 1.40. The Labute approximate surface area is 27.1 Å². The van der Waals surface area contributed by atoms with Gasteiger partial charge in [0.05, 0.1) is 0 Å². The van der Waals surface area contributed by atoms with Crippen LogP contribution in [0.15, 0.2) is 0 Å². The van der Waals surface area contributed by atoms with Gasteiger partial charge in [-0.25, -0.2) is 0 Å². The van der Waals surface area contributed by atoms with E-state index in [1.54, 1.807) is 0 Å². The molecule has 0 rings (SSSR count). The van der Waals surface area contributed by atoms with Gasteiger partial charge in [0.2, 0.25) is 0 Å². The fourth-order valence-corrected chi connectivity index (χ4v) is 0. The van der Waals surface area contributed by atoms with E-state index >= 15 is 0 Å². The molecule has 2 nitrogen and oxygen atoms in total. The van der Waals surface area contributed by atoms with Crippen molar-refractivity contribution in [1.82, 2.24) is 0 Å². The van der Waals surface area contributed by atoms with Gasteiger partial charge in [-0.1, -0.05) is 0 Å². The predicted octanol–water partition coefficient (Wildman–Crippen LogP) is -0.0767. The zero-order chi connectivity index (χ0) is 3.58. The molecule has 0 aromatic carbocycles. The molecule has 0 aliphatic heterocycles. The van der Waals surface area contributed by atoms with Gasteiger partial charge in [0.25, 0.3) is 0 Å². The van der Waals surface area contributed by atoms with Crippen LogP contribution in [0.3, 0.4) is 0 Å². The van der Waals surface area contributed by atoms with Gasteiger partial charge in [-0.05, 0) is 10.8 Å². The number of hydrogen-bond donors (Lipinski definition) is 3. The van der Waals surface area contributed by atoms with E-state index in [1.807, 2.05) is 0 Å². The summed E-state index contributed by atoms with van der Waals surface area (Å²) in [6, 6.07) is 0. The van der Waals surface area contributed by atoms with Crippen molar-refractivity contribution >= 4 is 10.8 Å². The summed E-state index contributed by atoms with van der Waals surface area (Å²) >= 11 is 0. The van der Waals surface area contributed by atoms with Crippen LogP contribution in [0.2, 0.25) is 0 Å². The lowest BCUT2D eigenvalue weighted by atomic mass is 12.0. The monoisotopic (exact) mass is 79.0 g/mol. The molecular weight excluding hydrogens is 74.1 g/mol. The predicted molar refractivity (Wildman–Crippen MR) is 20.7 cm³/mol. The molecule has 1 unspecified atom stereocenters. The van der Waals surface area contributed by atoms with Crippen molar-refractivity contribution in [1.29, 1.82) is 0 Å². The summed E-state index contributed by atoms with van der Waals surface area (Å²) in [6.07, 6.45) is 0. The Morgan fingerprint density at radius 2 is 2.00 bits per heavy atom. The molecule has 4 heavy (non-hydrogen) atoms. The summed E-state index contributed by atoms with van der Waals surface area (Å²) in [6.45, 7) is 0. The van der Waals surface area contributed by atoms with Gasteiger partial charge in [-0.2, -0.15) is 0 Å². The van der Waals surface area contributed by atoms with Gasteiger partial charge in [-0.15, -0.1) is 5.69 Å². The first kappa shape index (κ1) is 4.05. The maximum Gasteiger partial charge on any atom is -0.0473 e. The lowest BCUT2D eigenvalue weighted by molar-refractivity contribution is 0.663. The molecule has 26 valence electrons. The normalized spacial score (nSPS) is 15.2. The number of hydrogen-bond acceptors (Lipinski definition) is 2. The molecule has 0 aromatic heterocycles. The van der Waals surface area contributed by atoms with Crippen LogP contribution in [0.25, 0.3) is 0 Å². The highest BCUT2D eigenvalue weighted by molar-refractivity contribution is 7.99. The highest BCUT2D eigenvalue weighted by Gasteiger charge is 1.37. The van der Waals surface area contributed by atoms with Gasteiger partial charge in [0.15, 0.2) is 0 Å². The van der Waals surface area contributed by atoms with Crippen LogP contribution in [0.1, 0.15) is 0 Å². The summed E-state index contributed by atoms with van der Waals surface area (Å²) in [4.78, 5) is 0. The molecule has 0 spiro atoms. The van der Waals surface area contributed by atoms with E-state index in [9.17, 15) is 0 Å². The molecule has 3 N–H and O–H groups in total. The smallest absolute Gasteiger partial charge is 0.0473 e. The third kappa shape index (κ3) is 904. The minimum Gasteiger partial charge on any atom is -0.331 e. The van der Waals surface area contributed by atoms with Crippen LogP contribution in [-0.4, -0.2) is 4.55 Å². The van der Waals surface area contributed by atoms with Crippen LogP contribution < -0.4 is 5.14 Å². The largest absolute Gasteiger partial charge is 0.331 e. The lowest BCUT2D eigenvalue weighted by Gasteiger charge is -1.69. The highest BCUT2D eigenvalue weighted by atomic mass is 32.2. The number of nitrogens with two attached hydrogens (primary N) is 1. The first-order chi connectivity index (χ1) is 1.73. The number of thiol groups is 1. The van der Waals surface area contributed by atoms with E-state index < -0.39 is 10.8 Å². The van der Waals surface area contributed by atoms with E-state index in [1.165, 1.54) is 0 Å². The third-order valence-electron chi connectivity index (χ3n) is 0. The van der Waals surface area contributed by atoms with E-state index in [0.717, 1.165) is 0 Å². The zero-order valence-corrected chi connectivity index (χ0v) is 2.94. The average Bonchev–Trinajstić information content (AvgIpc) is 0.811. The molecule has 0 saturated heterocycles. The molecule has 0 aliphatic carbocycles. The van der Waals surface area contributed by atoms with Crippen LogP contribution in [0.4, 0.5) is 0 Å². The molecule has 0 amide bonds. The van der Waals surface area contributed by atoms with Gasteiger partial charge in [0, 0.05) is 0 Å². The Hall–Kier alpha value is 0.0500. The van der Waals surface area contributed by atoms with Crippen LogP contribution in [-0.2, 0) is 0 Å². The van der Waals surface area contributed by atoms with Crippen molar-refractivity contribution in [3.05, 3.63) is 0 Å². The zero-order valence-electron chi connectivity index (χ0n) is 2.05. The molecule has 0 radical (unpaired) electrons. The van der Waals surface area contributed by atoms with Crippen molar-refractivity contribution in [2.75, 3.05) is 0 Å². The summed E-state index contributed by atoms with van der Waals surface area (Å²) in [5, 5.41) is 4.51. The summed E-state index contributed by atoms with van der Waals surface area (Å²) in [5.74, 6) is 0. The van der Waals surface area contributed by atoms with Gasteiger partial charge in [0.1, 0.15) is 0 Å². The van der Waals surface area contributed by atoms with Crippen molar-refractivity contribution < 1.29 is 4.55 Å². The lowest BCUT2D eigenvalue weighted by Crippen LogP contribution is -1.71. The van der Waals surface area contributed by atoms with Gasteiger partial charge < -0.3 is 4.55 Å². The Bertz CT molecular complexity index is 54.2. The maximum absolute atomic E-state index is 7.68. The van der Waals surface area contributed by atoms with Gasteiger partial charge in [-0.3, -0.25) is 5.14 Å². The Morgan fingerprint density at radius 1 is 2.00 bits per heavy atom. The molecule has 0 bridgehead atoms. The standard InChI is InChI=1S/CH5NOS/c1-4(2)3/h1,3-4H,2H2. The average molecular weight is 79.1 g/mol. The Balaban J connectivity index is 3.02. The third-order valence-corrected chi connectivity index (χ3v) is 0. The Morgan fingerprint density at radius 3 is 2.00 bits per heavy atom. The van der Waals surface area contributed by atoms with E-state index in [4.69, 9.17) is 4.55 Å². The molecule has 1 atom stereocenters.